The van der Waals surface area contributed by atoms with E-state index in [1.165, 1.54) is 0 Å². The molecular formula is C25H33N4O7P. The van der Waals surface area contributed by atoms with E-state index < -0.39 is 13.6 Å². The first kappa shape index (κ1) is 31.4. The van der Waals surface area contributed by atoms with Crippen molar-refractivity contribution in [3.05, 3.63) is 54.1 Å². The zero-order chi connectivity index (χ0) is 27.8. The maximum absolute atomic E-state index is 11.7. The summed E-state index contributed by atoms with van der Waals surface area (Å²) >= 11 is 0. The highest BCUT2D eigenvalue weighted by molar-refractivity contribution is 7.52. The smallest absolute Gasteiger partial charge is 0.328 e. The van der Waals surface area contributed by atoms with Gasteiger partial charge in [-0.2, -0.15) is 0 Å². The lowest BCUT2D eigenvalue weighted by atomic mass is 10.2. The van der Waals surface area contributed by atoms with Crippen molar-refractivity contribution < 1.29 is 33.1 Å². The maximum atomic E-state index is 11.7. The number of nitrogens with zero attached hydrogens (tertiary/aromatic N) is 1. The molecule has 4 amide bonds. The highest BCUT2D eigenvalue weighted by Gasteiger charge is 2.21. The molecule has 0 aromatic heterocycles. The number of primary amides is 1. The highest BCUT2D eigenvalue weighted by Crippen LogP contribution is 2.41. The van der Waals surface area contributed by atoms with Crippen molar-refractivity contribution in [3.8, 4) is 12.3 Å². The summed E-state index contributed by atoms with van der Waals surface area (Å²) < 4.78 is 20.8. The Hall–Kier alpha value is -3.68. The van der Waals surface area contributed by atoms with Gasteiger partial charge in [0.1, 0.15) is 6.61 Å². The standard InChI is InChI=1S/C14H19N2O6P.C9H8N2O.C2H6/c1-21-23(19,20)9-6-13(17)15-11-2-4-12(5-3-11)16-7-8-22-10-14(16)18;1-2-7-3-5-8(6-4-7)11-9(10)12;1-2/h2-5H,6-10H2,1H3,(H,15,17)(H,19,20);1,3-6H,(H3,10,11,12);1-2H3. The highest BCUT2D eigenvalue weighted by atomic mass is 31.2. The van der Waals surface area contributed by atoms with Crippen molar-refractivity contribution in [2.75, 3.05) is 48.6 Å². The molecule has 11 nitrogen and oxygen atoms in total. The Morgan fingerprint density at radius 2 is 1.70 bits per heavy atom. The number of nitrogens with one attached hydrogen (secondary N) is 2. The van der Waals surface area contributed by atoms with Gasteiger partial charge in [-0.15, -0.1) is 6.42 Å². The predicted molar refractivity (Wildman–Crippen MR) is 143 cm³/mol. The number of benzene rings is 2. The first-order valence-corrected chi connectivity index (χ1v) is 13.2. The number of carbonyl (C=O) groups excluding carboxylic acids is 3. The third-order valence-corrected chi connectivity index (χ3v) is 6.03. The molecule has 2 aromatic rings. The number of anilines is 3. The van der Waals surface area contributed by atoms with Gasteiger partial charge in [0.2, 0.25) is 5.91 Å². The van der Waals surface area contributed by atoms with Crippen molar-refractivity contribution in [1.29, 1.82) is 0 Å². The zero-order valence-electron chi connectivity index (χ0n) is 21.1. The number of ether oxygens (including phenoxy) is 1. The molecule has 5 N–H and O–H groups in total. The lowest BCUT2D eigenvalue weighted by Gasteiger charge is -2.26. The second-order valence-electron chi connectivity index (χ2n) is 7.20. The van der Waals surface area contributed by atoms with Gasteiger partial charge in [0.15, 0.2) is 0 Å². The average molecular weight is 533 g/mol. The Kier molecular flexibility index (Phi) is 13.7. The SMILES string of the molecule is C#Cc1ccc(NC(N)=O)cc1.CC.COP(=O)(O)CCC(=O)Nc1ccc(N2CCOCC2=O)cc1. The van der Waals surface area contributed by atoms with E-state index in [0.717, 1.165) is 18.4 Å². The van der Waals surface area contributed by atoms with Gasteiger partial charge in [0, 0.05) is 42.7 Å². The molecule has 0 spiro atoms. The Balaban J connectivity index is 0.000000411. The van der Waals surface area contributed by atoms with Crippen LogP contribution < -0.4 is 21.3 Å². The van der Waals surface area contributed by atoms with E-state index in [0.29, 0.717) is 24.5 Å². The Labute approximate surface area is 216 Å². The van der Waals surface area contributed by atoms with E-state index in [-0.39, 0.29) is 31.0 Å². The van der Waals surface area contributed by atoms with Gasteiger partial charge in [-0.05, 0) is 48.5 Å². The number of urea groups is 1. The van der Waals surface area contributed by atoms with Crippen LogP contribution in [0.5, 0.6) is 0 Å². The third kappa shape index (κ3) is 11.7. The first-order chi connectivity index (χ1) is 17.6. The van der Waals surface area contributed by atoms with Gasteiger partial charge in [-0.1, -0.05) is 19.8 Å². The summed E-state index contributed by atoms with van der Waals surface area (Å²) in [6.45, 7) is 5.05. The molecule has 37 heavy (non-hydrogen) atoms. The molecular weight excluding hydrogens is 499 g/mol. The Bertz CT molecular complexity index is 1120. The van der Waals surface area contributed by atoms with E-state index in [4.69, 9.17) is 16.9 Å². The van der Waals surface area contributed by atoms with Crippen molar-refractivity contribution in [3.63, 3.8) is 0 Å². The maximum Gasteiger partial charge on any atom is 0.328 e. The molecule has 0 saturated carbocycles. The number of hydrogen-bond donors (Lipinski definition) is 4. The number of amides is 4. The van der Waals surface area contributed by atoms with Gasteiger partial charge < -0.3 is 35.4 Å². The van der Waals surface area contributed by atoms with Gasteiger partial charge in [0.05, 0.1) is 12.8 Å². The van der Waals surface area contributed by atoms with Crippen LogP contribution in [-0.4, -0.2) is 55.8 Å². The van der Waals surface area contributed by atoms with E-state index in [9.17, 15) is 23.8 Å². The predicted octanol–water partition coefficient (Wildman–Crippen LogP) is 3.39. The zero-order valence-corrected chi connectivity index (χ0v) is 22.0. The Morgan fingerprint density at radius 1 is 1.14 bits per heavy atom. The van der Waals surface area contributed by atoms with E-state index >= 15 is 0 Å². The molecule has 200 valence electrons. The van der Waals surface area contributed by atoms with E-state index in [1.54, 1.807) is 53.4 Å². The number of nitrogens with two attached hydrogens (primary N) is 1. The lowest BCUT2D eigenvalue weighted by Crippen LogP contribution is -2.41. The van der Waals surface area contributed by atoms with Gasteiger partial charge in [-0.25, -0.2) is 4.79 Å². The third-order valence-electron chi connectivity index (χ3n) is 4.67. The lowest BCUT2D eigenvalue weighted by molar-refractivity contribution is -0.125. The monoisotopic (exact) mass is 532 g/mol. The molecule has 0 radical (unpaired) electrons. The average Bonchev–Trinajstić information content (AvgIpc) is 2.90. The molecule has 3 rings (SSSR count). The molecule has 1 atom stereocenters. The fraction of sp³-hybridized carbons (Fsp3) is 0.320. The van der Waals surface area contributed by atoms with Crippen molar-refractivity contribution >= 4 is 42.5 Å². The van der Waals surface area contributed by atoms with Crippen LogP contribution in [0.25, 0.3) is 0 Å². The topological polar surface area (TPSA) is 160 Å². The number of terminal acetylenes is 1. The summed E-state index contributed by atoms with van der Waals surface area (Å²) in [5.74, 6) is 1.98. The van der Waals surface area contributed by atoms with Crippen molar-refractivity contribution in [1.82, 2.24) is 0 Å². The van der Waals surface area contributed by atoms with E-state index in [2.05, 4.69) is 21.1 Å². The van der Waals surface area contributed by atoms with Crippen LogP contribution in [0, 0.1) is 12.3 Å². The van der Waals surface area contributed by atoms with Crippen molar-refractivity contribution in [2.24, 2.45) is 5.73 Å². The largest absolute Gasteiger partial charge is 0.370 e. The number of carbonyl (C=O) groups is 3. The minimum absolute atomic E-state index is 0.0687. The van der Waals surface area contributed by atoms with Gasteiger partial charge >= 0.3 is 13.6 Å². The summed E-state index contributed by atoms with van der Waals surface area (Å²) in [6.07, 6.45) is 4.78. The van der Waals surface area contributed by atoms with Gasteiger partial charge in [0.25, 0.3) is 5.91 Å². The molecule has 0 bridgehead atoms. The fourth-order valence-corrected chi connectivity index (χ4v) is 3.53. The van der Waals surface area contributed by atoms with E-state index in [1.807, 2.05) is 13.8 Å². The summed E-state index contributed by atoms with van der Waals surface area (Å²) in [5, 5.41) is 5.05. The quantitative estimate of drug-likeness (QED) is 0.314. The molecule has 1 fully saturated rings. The summed E-state index contributed by atoms with van der Waals surface area (Å²) in [6, 6.07) is 13.1. The van der Waals surface area contributed by atoms with Crippen LogP contribution >= 0.6 is 7.60 Å². The van der Waals surface area contributed by atoms with Crippen LogP contribution in [0.4, 0.5) is 21.9 Å². The van der Waals surface area contributed by atoms with Crippen LogP contribution in [0.2, 0.25) is 0 Å². The number of rotatable bonds is 7. The second kappa shape index (κ2) is 16.1. The molecule has 0 aliphatic carbocycles. The number of morpholine rings is 1. The molecule has 1 saturated heterocycles. The van der Waals surface area contributed by atoms with Crippen LogP contribution in [-0.2, 0) is 23.4 Å². The van der Waals surface area contributed by atoms with Gasteiger partial charge in [-0.3, -0.25) is 14.2 Å². The normalized spacial score (nSPS) is 13.9. The molecule has 1 aliphatic heterocycles. The summed E-state index contributed by atoms with van der Waals surface area (Å²) in [7, 11) is -2.55. The van der Waals surface area contributed by atoms with Crippen LogP contribution in [0.15, 0.2) is 48.5 Å². The van der Waals surface area contributed by atoms with Crippen molar-refractivity contribution in [2.45, 2.75) is 20.3 Å². The number of hydrogen-bond acceptors (Lipinski definition) is 6. The Morgan fingerprint density at radius 3 is 2.22 bits per heavy atom. The first-order valence-electron chi connectivity index (χ1n) is 11.4. The molecule has 1 unspecified atom stereocenters. The summed E-state index contributed by atoms with van der Waals surface area (Å²) in [5.41, 5.74) is 7.59. The minimum Gasteiger partial charge on any atom is -0.370 e. The second-order valence-corrected chi connectivity index (χ2v) is 9.28. The molecule has 12 heteroatoms. The minimum atomic E-state index is -3.68. The molecule has 1 heterocycles. The fourth-order valence-electron chi connectivity index (χ4n) is 2.87. The molecule has 2 aromatic carbocycles. The molecule has 1 aliphatic rings. The summed E-state index contributed by atoms with van der Waals surface area (Å²) in [4.78, 5) is 44.7. The van der Waals surface area contributed by atoms with Crippen LogP contribution in [0.3, 0.4) is 0 Å². The van der Waals surface area contributed by atoms with Crippen LogP contribution in [0.1, 0.15) is 25.8 Å².